The van der Waals surface area contributed by atoms with Crippen LogP contribution in [0, 0.1) is 11.8 Å². The van der Waals surface area contributed by atoms with Crippen LogP contribution in [-0.4, -0.2) is 24.3 Å². The van der Waals surface area contributed by atoms with Crippen LogP contribution in [0.1, 0.15) is 27.2 Å². The third-order valence-electron chi connectivity index (χ3n) is 3.17. The summed E-state index contributed by atoms with van der Waals surface area (Å²) in [4.78, 5) is 0. The first kappa shape index (κ1) is 10.7. The third kappa shape index (κ3) is 2.82. The van der Waals surface area contributed by atoms with E-state index < -0.39 is 0 Å². The lowest BCUT2D eigenvalue weighted by Gasteiger charge is -2.26. The van der Waals surface area contributed by atoms with Crippen molar-refractivity contribution in [3.8, 4) is 0 Å². The summed E-state index contributed by atoms with van der Waals surface area (Å²) in [6.07, 6.45) is 2.94. The Hall–Kier alpha value is -0.340. The lowest BCUT2D eigenvalue weighted by atomic mass is 9.85. The standard InChI is InChI=1S/C11H21NO/c1-4-8(2)9(3)10-5-11(13)7-12-6-10/h5,8-9,11-13H,4,6-7H2,1-3H3. The molecule has 2 N–H and O–H groups in total. The van der Waals surface area contributed by atoms with Crippen molar-refractivity contribution in [3.05, 3.63) is 11.6 Å². The van der Waals surface area contributed by atoms with E-state index in [0.29, 0.717) is 18.4 Å². The summed E-state index contributed by atoms with van der Waals surface area (Å²) in [5.74, 6) is 1.30. The molecular weight excluding hydrogens is 162 g/mol. The van der Waals surface area contributed by atoms with Gasteiger partial charge in [0.05, 0.1) is 6.10 Å². The van der Waals surface area contributed by atoms with Gasteiger partial charge >= 0.3 is 0 Å². The van der Waals surface area contributed by atoms with Crippen molar-refractivity contribution in [2.45, 2.75) is 33.3 Å². The molecule has 3 unspecified atom stereocenters. The maximum absolute atomic E-state index is 9.44. The molecule has 0 fully saturated rings. The fourth-order valence-electron chi connectivity index (χ4n) is 1.76. The monoisotopic (exact) mass is 183 g/mol. The van der Waals surface area contributed by atoms with Gasteiger partial charge in [-0.25, -0.2) is 0 Å². The summed E-state index contributed by atoms with van der Waals surface area (Å²) < 4.78 is 0. The normalized spacial score (nSPS) is 28.0. The summed E-state index contributed by atoms with van der Waals surface area (Å²) in [7, 11) is 0. The second-order valence-corrected chi connectivity index (χ2v) is 4.11. The number of aliphatic hydroxyl groups is 1. The number of β-amino-alcohol motifs (C(OH)–C–C–N with tert-alkyl or cyclic N) is 1. The van der Waals surface area contributed by atoms with Crippen LogP contribution >= 0.6 is 0 Å². The predicted octanol–water partition coefficient (Wildman–Crippen LogP) is 1.56. The summed E-state index contributed by atoms with van der Waals surface area (Å²) in [6.45, 7) is 8.39. The van der Waals surface area contributed by atoms with Gasteiger partial charge in [-0.2, -0.15) is 0 Å². The number of hydrogen-bond donors (Lipinski definition) is 2. The topological polar surface area (TPSA) is 32.3 Å². The first-order valence-electron chi connectivity index (χ1n) is 5.24. The van der Waals surface area contributed by atoms with Gasteiger partial charge in [-0.1, -0.05) is 38.8 Å². The summed E-state index contributed by atoms with van der Waals surface area (Å²) in [5, 5.41) is 12.7. The molecule has 1 aliphatic rings. The van der Waals surface area contributed by atoms with E-state index in [0.717, 1.165) is 6.54 Å². The Labute approximate surface area is 81.0 Å². The zero-order chi connectivity index (χ0) is 9.84. The molecule has 0 amide bonds. The van der Waals surface area contributed by atoms with Crippen molar-refractivity contribution < 1.29 is 5.11 Å². The highest BCUT2D eigenvalue weighted by Crippen LogP contribution is 2.23. The van der Waals surface area contributed by atoms with E-state index in [1.807, 2.05) is 6.08 Å². The van der Waals surface area contributed by atoms with Crippen LogP contribution in [0.15, 0.2) is 11.6 Å². The molecule has 3 atom stereocenters. The van der Waals surface area contributed by atoms with Crippen LogP contribution in [0.5, 0.6) is 0 Å². The van der Waals surface area contributed by atoms with E-state index in [4.69, 9.17) is 0 Å². The fraction of sp³-hybridized carbons (Fsp3) is 0.818. The highest BCUT2D eigenvalue weighted by Gasteiger charge is 2.18. The van der Waals surface area contributed by atoms with E-state index in [1.165, 1.54) is 12.0 Å². The molecule has 2 nitrogen and oxygen atoms in total. The van der Waals surface area contributed by atoms with Crippen molar-refractivity contribution in [3.63, 3.8) is 0 Å². The number of nitrogens with one attached hydrogen (secondary N) is 1. The summed E-state index contributed by atoms with van der Waals surface area (Å²) in [5.41, 5.74) is 1.37. The molecule has 1 heterocycles. The highest BCUT2D eigenvalue weighted by atomic mass is 16.3. The van der Waals surface area contributed by atoms with Gasteiger partial charge in [0.15, 0.2) is 0 Å². The molecule has 1 aliphatic heterocycles. The van der Waals surface area contributed by atoms with Gasteiger partial charge in [0, 0.05) is 13.1 Å². The highest BCUT2D eigenvalue weighted by molar-refractivity contribution is 5.14. The third-order valence-corrected chi connectivity index (χ3v) is 3.17. The van der Waals surface area contributed by atoms with Crippen molar-refractivity contribution in [1.29, 1.82) is 0 Å². The maximum Gasteiger partial charge on any atom is 0.0848 e. The average Bonchev–Trinajstić information content (AvgIpc) is 2.15. The van der Waals surface area contributed by atoms with Crippen molar-refractivity contribution in [2.75, 3.05) is 13.1 Å². The second-order valence-electron chi connectivity index (χ2n) is 4.11. The Kier molecular flexibility index (Phi) is 3.94. The van der Waals surface area contributed by atoms with E-state index in [1.54, 1.807) is 0 Å². The fourth-order valence-corrected chi connectivity index (χ4v) is 1.76. The van der Waals surface area contributed by atoms with Gasteiger partial charge in [-0.3, -0.25) is 0 Å². The molecule has 13 heavy (non-hydrogen) atoms. The lowest BCUT2D eigenvalue weighted by Crippen LogP contribution is -2.35. The number of rotatable bonds is 3. The Bertz CT molecular complexity index is 189. The zero-order valence-electron chi connectivity index (χ0n) is 8.88. The Balaban J connectivity index is 2.59. The van der Waals surface area contributed by atoms with Crippen LogP contribution in [0.4, 0.5) is 0 Å². The van der Waals surface area contributed by atoms with Gasteiger partial charge < -0.3 is 10.4 Å². The molecule has 0 bridgehead atoms. The van der Waals surface area contributed by atoms with Crippen molar-refractivity contribution in [1.82, 2.24) is 5.32 Å². The smallest absolute Gasteiger partial charge is 0.0848 e. The van der Waals surface area contributed by atoms with E-state index >= 15 is 0 Å². The van der Waals surface area contributed by atoms with Gasteiger partial charge in [0.25, 0.3) is 0 Å². The second kappa shape index (κ2) is 4.77. The minimum Gasteiger partial charge on any atom is -0.388 e. The maximum atomic E-state index is 9.44. The van der Waals surface area contributed by atoms with Gasteiger partial charge in [0.2, 0.25) is 0 Å². The Morgan fingerprint density at radius 3 is 2.85 bits per heavy atom. The molecule has 0 radical (unpaired) electrons. The van der Waals surface area contributed by atoms with Crippen molar-refractivity contribution in [2.24, 2.45) is 11.8 Å². The summed E-state index contributed by atoms with van der Waals surface area (Å²) in [6, 6.07) is 0. The molecule has 0 aromatic carbocycles. The van der Waals surface area contributed by atoms with E-state index in [2.05, 4.69) is 26.1 Å². The van der Waals surface area contributed by atoms with Gasteiger partial charge in [-0.15, -0.1) is 0 Å². The van der Waals surface area contributed by atoms with E-state index in [-0.39, 0.29) is 6.10 Å². The SMILES string of the molecule is CCC(C)C(C)C1=CC(O)CNC1. The van der Waals surface area contributed by atoms with Crippen LogP contribution in [0.25, 0.3) is 0 Å². The first-order valence-corrected chi connectivity index (χ1v) is 5.24. The Morgan fingerprint density at radius 2 is 2.31 bits per heavy atom. The molecular formula is C11H21NO. The van der Waals surface area contributed by atoms with E-state index in [9.17, 15) is 5.11 Å². The van der Waals surface area contributed by atoms with Crippen LogP contribution in [0.3, 0.4) is 0 Å². The molecule has 2 heteroatoms. The Morgan fingerprint density at radius 1 is 1.62 bits per heavy atom. The minimum atomic E-state index is -0.282. The summed E-state index contributed by atoms with van der Waals surface area (Å²) >= 11 is 0. The van der Waals surface area contributed by atoms with Gasteiger partial charge in [0.1, 0.15) is 0 Å². The van der Waals surface area contributed by atoms with Crippen LogP contribution < -0.4 is 5.32 Å². The quantitative estimate of drug-likeness (QED) is 0.651. The number of aliphatic hydroxyl groups excluding tert-OH is 1. The zero-order valence-corrected chi connectivity index (χ0v) is 8.88. The molecule has 76 valence electrons. The molecule has 0 aromatic heterocycles. The number of hydrogen-bond acceptors (Lipinski definition) is 2. The van der Waals surface area contributed by atoms with Crippen LogP contribution in [-0.2, 0) is 0 Å². The minimum absolute atomic E-state index is 0.282. The van der Waals surface area contributed by atoms with Crippen molar-refractivity contribution >= 4 is 0 Å². The van der Waals surface area contributed by atoms with Crippen LogP contribution in [0.2, 0.25) is 0 Å². The molecule has 0 saturated heterocycles. The average molecular weight is 183 g/mol. The molecule has 0 saturated carbocycles. The molecule has 1 rings (SSSR count). The molecule has 0 aliphatic carbocycles. The predicted molar refractivity (Wildman–Crippen MR) is 55.6 cm³/mol. The molecule has 0 aromatic rings. The molecule has 0 spiro atoms. The largest absolute Gasteiger partial charge is 0.388 e. The van der Waals surface area contributed by atoms with Gasteiger partial charge in [-0.05, 0) is 11.8 Å². The lowest BCUT2D eigenvalue weighted by molar-refractivity contribution is 0.209. The first-order chi connectivity index (χ1) is 6.15.